The Morgan fingerprint density at radius 2 is 1.83 bits per heavy atom. The average molecular weight is 532 g/mol. The van der Waals surface area contributed by atoms with Crippen LogP contribution in [0.25, 0.3) is 17.0 Å². The van der Waals surface area contributed by atoms with Crippen LogP contribution >= 0.6 is 11.6 Å². The van der Waals surface area contributed by atoms with Crippen LogP contribution < -0.4 is 5.32 Å². The minimum absolute atomic E-state index is 0.0421. The van der Waals surface area contributed by atoms with Crippen molar-refractivity contribution in [2.24, 2.45) is 0 Å². The average Bonchev–Trinajstić information content (AvgIpc) is 3.30. The Morgan fingerprint density at radius 3 is 2.50 bits per heavy atom. The zero-order valence-corrected chi connectivity index (χ0v) is 22.5. The quantitative estimate of drug-likeness (QED) is 0.210. The Balaban J connectivity index is 1.70. The summed E-state index contributed by atoms with van der Waals surface area (Å²) in [6, 6.07) is 7.05. The van der Waals surface area contributed by atoms with Crippen molar-refractivity contribution in [1.82, 2.24) is 15.2 Å². The van der Waals surface area contributed by atoms with Crippen molar-refractivity contribution in [3.63, 3.8) is 0 Å². The summed E-state index contributed by atoms with van der Waals surface area (Å²) >= 11 is 6.05. The number of H-pyrrole nitrogens is 1. The van der Waals surface area contributed by atoms with E-state index in [1.54, 1.807) is 24.4 Å². The van der Waals surface area contributed by atoms with Crippen molar-refractivity contribution in [1.29, 1.82) is 0 Å². The highest BCUT2D eigenvalue weighted by Crippen LogP contribution is 2.38. The molecule has 0 saturated carbocycles. The predicted molar refractivity (Wildman–Crippen MR) is 139 cm³/mol. The van der Waals surface area contributed by atoms with Gasteiger partial charge in [0.05, 0.1) is 12.6 Å². The van der Waals surface area contributed by atoms with Gasteiger partial charge >= 0.3 is 6.03 Å². The molecule has 1 aromatic heterocycles. The molecule has 2 heterocycles. The zero-order chi connectivity index (χ0) is 26.4. The number of nitrogens with one attached hydrogen (secondary N) is 2. The van der Waals surface area contributed by atoms with Gasteiger partial charge in [-0.15, -0.1) is 0 Å². The zero-order valence-electron chi connectivity index (χ0n) is 20.7. The highest BCUT2D eigenvalue weighted by Gasteiger charge is 2.43. The lowest BCUT2D eigenvalue weighted by atomic mass is 10.1. The van der Waals surface area contributed by atoms with Crippen LogP contribution in [0, 0.1) is 11.6 Å². The second kappa shape index (κ2) is 9.46. The first-order valence-corrected chi connectivity index (χ1v) is 14.8. The van der Waals surface area contributed by atoms with Crippen LogP contribution in [0.1, 0.15) is 37.9 Å². The fourth-order valence-electron chi connectivity index (χ4n) is 3.77. The predicted octanol–water partition coefficient (Wildman–Crippen LogP) is 6.76. The molecule has 36 heavy (non-hydrogen) atoms. The van der Waals surface area contributed by atoms with E-state index in [4.69, 9.17) is 16.0 Å². The smallest absolute Gasteiger partial charge is 0.329 e. The number of hydrogen-bond donors (Lipinski definition) is 2. The van der Waals surface area contributed by atoms with Crippen LogP contribution in [0.3, 0.4) is 0 Å². The molecule has 1 fully saturated rings. The molecule has 1 atom stereocenters. The van der Waals surface area contributed by atoms with E-state index < -0.39 is 37.9 Å². The van der Waals surface area contributed by atoms with Crippen molar-refractivity contribution in [3.05, 3.63) is 76.1 Å². The molecule has 1 aliphatic heterocycles. The number of benzene rings is 2. The van der Waals surface area contributed by atoms with Gasteiger partial charge in [-0.3, -0.25) is 4.79 Å². The summed E-state index contributed by atoms with van der Waals surface area (Å²) in [4.78, 5) is 30.6. The molecule has 10 heteroatoms. The van der Waals surface area contributed by atoms with Gasteiger partial charge in [0, 0.05) is 27.7 Å². The molecule has 2 N–H and O–H groups in total. The summed E-state index contributed by atoms with van der Waals surface area (Å²) < 4.78 is 34.1. The lowest BCUT2D eigenvalue weighted by Gasteiger charge is -2.38. The van der Waals surface area contributed by atoms with Crippen LogP contribution in [-0.2, 0) is 9.22 Å². The first-order chi connectivity index (χ1) is 16.8. The Kier molecular flexibility index (Phi) is 6.85. The summed E-state index contributed by atoms with van der Waals surface area (Å²) in [7, 11) is -2.29. The van der Waals surface area contributed by atoms with Crippen LogP contribution in [0.4, 0.5) is 13.6 Å². The van der Waals surface area contributed by atoms with Crippen molar-refractivity contribution in [3.8, 4) is 0 Å². The molecular weight excluding hydrogens is 504 g/mol. The highest BCUT2D eigenvalue weighted by molar-refractivity contribution is 6.74. The van der Waals surface area contributed by atoms with Gasteiger partial charge in [0.15, 0.2) is 20.0 Å². The molecule has 2 aromatic carbocycles. The molecule has 0 spiro atoms. The van der Waals surface area contributed by atoms with Crippen molar-refractivity contribution in [2.45, 2.75) is 44.9 Å². The van der Waals surface area contributed by atoms with E-state index in [-0.39, 0.29) is 22.9 Å². The molecule has 4 rings (SSSR count). The fraction of sp³-hybridized carbons (Fsp3) is 0.308. The Bertz CT molecular complexity index is 1380. The minimum Gasteiger partial charge on any atom is -0.414 e. The monoisotopic (exact) mass is 531 g/mol. The number of nitrogens with zero attached hydrogens (tertiary/aromatic N) is 1. The van der Waals surface area contributed by atoms with E-state index in [9.17, 15) is 18.4 Å². The molecule has 0 aliphatic carbocycles. The number of carbonyl (C=O) groups excluding carboxylic acids is 2. The molecule has 1 saturated heterocycles. The molecule has 1 unspecified atom stereocenters. The van der Waals surface area contributed by atoms with Gasteiger partial charge in [-0.1, -0.05) is 44.5 Å². The molecule has 0 radical (unpaired) electrons. The van der Waals surface area contributed by atoms with Crippen molar-refractivity contribution < 1.29 is 22.8 Å². The van der Waals surface area contributed by atoms with Crippen molar-refractivity contribution >= 4 is 48.8 Å². The third kappa shape index (κ3) is 4.96. The summed E-state index contributed by atoms with van der Waals surface area (Å²) in [5, 5.41) is 3.88. The van der Waals surface area contributed by atoms with Crippen LogP contribution in [0.5, 0.6) is 0 Å². The number of imide groups is 1. The maximum Gasteiger partial charge on any atom is 0.329 e. The second-order valence-electron chi connectivity index (χ2n) is 10.4. The number of halogens is 3. The molecular formula is C26H28ClF2N3O3Si. The minimum atomic E-state index is -2.29. The molecule has 6 nitrogen and oxygen atoms in total. The van der Waals surface area contributed by atoms with E-state index >= 15 is 0 Å². The number of aromatic nitrogens is 1. The van der Waals surface area contributed by atoms with E-state index in [0.717, 1.165) is 27.9 Å². The molecule has 3 amide bonds. The molecule has 1 aliphatic rings. The van der Waals surface area contributed by atoms with Gasteiger partial charge in [-0.25, -0.2) is 18.5 Å². The largest absolute Gasteiger partial charge is 0.414 e. The van der Waals surface area contributed by atoms with Crippen LogP contribution in [0.15, 0.2) is 48.3 Å². The third-order valence-corrected chi connectivity index (χ3v) is 11.7. The second-order valence-corrected chi connectivity index (χ2v) is 15.6. The lowest BCUT2D eigenvalue weighted by Crippen LogP contribution is -2.45. The molecule has 3 aromatic rings. The maximum atomic E-state index is 14.2. The van der Waals surface area contributed by atoms with Crippen LogP contribution in [0.2, 0.25) is 23.2 Å². The molecule has 190 valence electrons. The number of fused-ring (bicyclic) bond motifs is 1. The highest BCUT2D eigenvalue weighted by atomic mass is 35.5. The van der Waals surface area contributed by atoms with Crippen LogP contribution in [-0.4, -0.2) is 36.7 Å². The Hall–Kier alpha value is -3.01. The Morgan fingerprint density at radius 1 is 1.11 bits per heavy atom. The van der Waals surface area contributed by atoms with Gasteiger partial charge in [-0.05, 0) is 54.0 Å². The van der Waals surface area contributed by atoms with Gasteiger partial charge < -0.3 is 14.7 Å². The Labute approximate surface area is 214 Å². The van der Waals surface area contributed by atoms with E-state index in [0.29, 0.717) is 10.6 Å². The number of aromatic amines is 1. The maximum absolute atomic E-state index is 14.2. The number of urea groups is 1. The normalized spacial score (nSPS) is 16.8. The SMILES string of the molecule is CC(C)(C)[Si](C)(C)OCC(c1ccc(F)c(F)c1)N1C(=O)NC(=Cc2c[nH]c3cc(Cl)ccc23)C1=O. The van der Waals surface area contributed by atoms with Gasteiger partial charge in [0.1, 0.15) is 5.70 Å². The summed E-state index contributed by atoms with van der Waals surface area (Å²) in [5.41, 5.74) is 1.80. The summed E-state index contributed by atoms with van der Waals surface area (Å²) in [6.07, 6.45) is 3.29. The standard InChI is InChI=1S/C26H28ClF2N3O3Si/c1-26(2,3)36(4,5)35-14-23(15-6-9-19(28)20(29)10-15)32-24(33)22(31-25(32)34)11-16-13-30-21-12-17(27)7-8-18(16)21/h6-13,23,30H,14H2,1-5H3,(H,31,34). The van der Waals surface area contributed by atoms with E-state index in [2.05, 4.69) is 31.1 Å². The first-order valence-electron chi connectivity index (χ1n) is 11.5. The number of carbonyl (C=O) groups is 2. The van der Waals surface area contributed by atoms with Gasteiger partial charge in [0.25, 0.3) is 5.91 Å². The summed E-state index contributed by atoms with van der Waals surface area (Å²) in [6.45, 7) is 10.2. The number of hydrogen-bond acceptors (Lipinski definition) is 3. The van der Waals surface area contributed by atoms with Gasteiger partial charge in [0.2, 0.25) is 0 Å². The van der Waals surface area contributed by atoms with E-state index in [1.807, 2.05) is 19.2 Å². The summed E-state index contributed by atoms with van der Waals surface area (Å²) in [5.74, 6) is -2.66. The number of amides is 3. The van der Waals surface area contributed by atoms with E-state index in [1.165, 1.54) is 6.07 Å². The van der Waals surface area contributed by atoms with Crippen molar-refractivity contribution in [2.75, 3.05) is 6.61 Å². The number of rotatable bonds is 6. The first kappa shape index (κ1) is 26.1. The third-order valence-electron chi connectivity index (χ3n) is 6.93. The lowest BCUT2D eigenvalue weighted by molar-refractivity contribution is -0.125. The fourth-order valence-corrected chi connectivity index (χ4v) is 4.95. The molecule has 0 bridgehead atoms. The van der Waals surface area contributed by atoms with Gasteiger partial charge in [-0.2, -0.15) is 0 Å². The topological polar surface area (TPSA) is 74.4 Å².